The second kappa shape index (κ2) is 5.01. The summed E-state index contributed by atoms with van der Waals surface area (Å²) in [5.41, 5.74) is -0.172. The predicted octanol–water partition coefficient (Wildman–Crippen LogP) is 0.177. The van der Waals surface area contributed by atoms with Crippen molar-refractivity contribution in [3.63, 3.8) is 0 Å². The molecule has 1 aliphatic heterocycles. The highest BCUT2D eigenvalue weighted by Gasteiger charge is 2.29. The second-order valence-corrected chi connectivity index (χ2v) is 3.97. The van der Waals surface area contributed by atoms with Gasteiger partial charge >= 0.3 is 5.69 Å². The first-order valence-corrected chi connectivity index (χ1v) is 5.40. The van der Waals surface area contributed by atoms with Crippen LogP contribution in [0.2, 0.25) is 0 Å². The summed E-state index contributed by atoms with van der Waals surface area (Å²) in [7, 11) is 0. The first-order chi connectivity index (χ1) is 8.58. The standard InChI is InChI=1S/C11H12N2O5/c14-8-5-12(6-8)11(15)7-18-10-4-2-1-3-9(10)13(16)17/h1-4,8,14H,5-7H2. The lowest BCUT2D eigenvalue weighted by Gasteiger charge is -2.35. The second-order valence-electron chi connectivity index (χ2n) is 3.97. The molecule has 96 valence electrons. The number of hydrogen-bond donors (Lipinski definition) is 1. The largest absolute Gasteiger partial charge is 0.477 e. The van der Waals surface area contributed by atoms with Crippen LogP contribution in [0.1, 0.15) is 0 Å². The SMILES string of the molecule is O=C(COc1ccccc1[N+](=O)[O-])N1CC(O)C1. The summed E-state index contributed by atoms with van der Waals surface area (Å²) >= 11 is 0. The topological polar surface area (TPSA) is 92.9 Å². The third-order valence-corrected chi connectivity index (χ3v) is 2.63. The minimum atomic E-state index is -0.562. The Labute approximate surface area is 103 Å². The van der Waals surface area contributed by atoms with Gasteiger partial charge in [-0.2, -0.15) is 0 Å². The molecule has 0 spiro atoms. The molecule has 1 N–H and O–H groups in total. The number of aliphatic hydroxyl groups is 1. The van der Waals surface area contributed by atoms with Crippen LogP contribution < -0.4 is 4.74 Å². The summed E-state index contributed by atoms with van der Waals surface area (Å²) in [6, 6.07) is 5.88. The Morgan fingerprint density at radius 3 is 2.78 bits per heavy atom. The van der Waals surface area contributed by atoms with Gasteiger partial charge in [-0.05, 0) is 6.07 Å². The van der Waals surface area contributed by atoms with Gasteiger partial charge in [0.15, 0.2) is 12.4 Å². The van der Waals surface area contributed by atoms with Crippen LogP contribution in [0.4, 0.5) is 5.69 Å². The monoisotopic (exact) mass is 252 g/mol. The lowest BCUT2D eigenvalue weighted by Crippen LogP contribution is -2.54. The molecule has 0 bridgehead atoms. The van der Waals surface area contributed by atoms with Gasteiger partial charge in [0.05, 0.1) is 11.0 Å². The first-order valence-electron chi connectivity index (χ1n) is 5.40. The van der Waals surface area contributed by atoms with Crippen LogP contribution in [-0.4, -0.2) is 46.6 Å². The Kier molecular flexibility index (Phi) is 3.42. The van der Waals surface area contributed by atoms with Crippen molar-refractivity contribution < 1.29 is 19.6 Å². The molecule has 7 nitrogen and oxygen atoms in total. The van der Waals surface area contributed by atoms with E-state index in [1.54, 1.807) is 6.07 Å². The number of likely N-dealkylation sites (tertiary alicyclic amines) is 1. The van der Waals surface area contributed by atoms with Crippen molar-refractivity contribution >= 4 is 11.6 Å². The van der Waals surface area contributed by atoms with Crippen molar-refractivity contribution in [3.8, 4) is 5.75 Å². The number of amides is 1. The van der Waals surface area contributed by atoms with Gasteiger partial charge in [0.25, 0.3) is 5.91 Å². The maximum Gasteiger partial charge on any atom is 0.310 e. The van der Waals surface area contributed by atoms with Gasteiger partial charge in [0.1, 0.15) is 0 Å². The Bertz CT molecular complexity index is 470. The van der Waals surface area contributed by atoms with E-state index in [0.717, 1.165) is 0 Å². The number of nitro benzene ring substituents is 1. The number of benzene rings is 1. The van der Waals surface area contributed by atoms with Gasteiger partial charge in [0.2, 0.25) is 0 Å². The molecule has 1 fully saturated rings. The van der Waals surface area contributed by atoms with Crippen LogP contribution in [0.5, 0.6) is 5.75 Å². The molecule has 0 aliphatic carbocycles. The minimum Gasteiger partial charge on any atom is -0.477 e. The zero-order valence-electron chi connectivity index (χ0n) is 9.48. The van der Waals surface area contributed by atoms with Crippen LogP contribution in [-0.2, 0) is 4.79 Å². The van der Waals surface area contributed by atoms with E-state index in [-0.39, 0.29) is 24.0 Å². The quantitative estimate of drug-likeness (QED) is 0.609. The number of carbonyl (C=O) groups is 1. The Morgan fingerprint density at radius 2 is 2.17 bits per heavy atom. The number of β-amino-alcohol motifs (C(OH)–C–C–N with tert-alkyl or cyclic N) is 1. The van der Waals surface area contributed by atoms with E-state index in [1.165, 1.54) is 23.1 Å². The van der Waals surface area contributed by atoms with Gasteiger partial charge in [0, 0.05) is 19.2 Å². The summed E-state index contributed by atoms with van der Waals surface area (Å²) in [6.45, 7) is 0.315. The molecule has 1 saturated heterocycles. The zero-order valence-corrected chi connectivity index (χ0v) is 9.48. The molecule has 0 saturated carbocycles. The molecular formula is C11H12N2O5. The van der Waals surface area contributed by atoms with Gasteiger partial charge in [-0.3, -0.25) is 14.9 Å². The maximum atomic E-state index is 11.5. The summed E-state index contributed by atoms with van der Waals surface area (Å²) in [5.74, 6) is -0.227. The fourth-order valence-corrected chi connectivity index (χ4v) is 1.62. The van der Waals surface area contributed by atoms with Gasteiger partial charge in [-0.25, -0.2) is 0 Å². The molecule has 2 rings (SSSR count). The number of carbonyl (C=O) groups excluding carboxylic acids is 1. The summed E-state index contributed by atoms with van der Waals surface area (Å²) in [5, 5.41) is 19.8. The van der Waals surface area contributed by atoms with Crippen LogP contribution >= 0.6 is 0 Å². The van der Waals surface area contributed by atoms with Crippen molar-refractivity contribution in [3.05, 3.63) is 34.4 Å². The number of nitrogens with zero attached hydrogens (tertiary/aromatic N) is 2. The molecule has 0 aromatic heterocycles. The van der Waals surface area contributed by atoms with Gasteiger partial charge in [-0.1, -0.05) is 12.1 Å². The smallest absolute Gasteiger partial charge is 0.310 e. The van der Waals surface area contributed by atoms with Crippen LogP contribution in [0, 0.1) is 10.1 Å². The van der Waals surface area contributed by atoms with Crippen LogP contribution in [0.15, 0.2) is 24.3 Å². The maximum absolute atomic E-state index is 11.5. The fraction of sp³-hybridized carbons (Fsp3) is 0.364. The zero-order chi connectivity index (χ0) is 13.1. The van der Waals surface area contributed by atoms with E-state index in [9.17, 15) is 14.9 Å². The Morgan fingerprint density at radius 1 is 1.50 bits per heavy atom. The number of nitro groups is 1. The molecule has 1 aliphatic rings. The minimum absolute atomic E-state index is 0.0666. The van der Waals surface area contributed by atoms with Crippen molar-refractivity contribution in [2.24, 2.45) is 0 Å². The van der Waals surface area contributed by atoms with Gasteiger partial charge < -0.3 is 14.7 Å². The van der Waals surface area contributed by atoms with Gasteiger partial charge in [-0.15, -0.1) is 0 Å². The number of ether oxygens (including phenoxy) is 1. The van der Waals surface area contributed by atoms with Crippen LogP contribution in [0.3, 0.4) is 0 Å². The third-order valence-electron chi connectivity index (χ3n) is 2.63. The highest BCUT2D eigenvalue weighted by atomic mass is 16.6. The average Bonchev–Trinajstić information content (AvgIpc) is 2.32. The van der Waals surface area contributed by atoms with Crippen molar-refractivity contribution in [2.45, 2.75) is 6.10 Å². The van der Waals surface area contributed by atoms with E-state index in [0.29, 0.717) is 13.1 Å². The highest BCUT2D eigenvalue weighted by molar-refractivity contribution is 5.78. The molecule has 1 aromatic rings. The number of hydrogen-bond acceptors (Lipinski definition) is 5. The summed E-state index contributed by atoms with van der Waals surface area (Å²) in [6.07, 6.45) is -0.472. The molecule has 1 heterocycles. The van der Waals surface area contributed by atoms with Crippen molar-refractivity contribution in [1.29, 1.82) is 0 Å². The number of aliphatic hydroxyl groups excluding tert-OH is 1. The fourth-order valence-electron chi connectivity index (χ4n) is 1.62. The molecule has 18 heavy (non-hydrogen) atoms. The molecule has 7 heteroatoms. The van der Waals surface area contributed by atoms with Crippen LogP contribution in [0.25, 0.3) is 0 Å². The van der Waals surface area contributed by atoms with Crippen molar-refractivity contribution in [1.82, 2.24) is 4.90 Å². The predicted molar refractivity (Wildman–Crippen MR) is 61.2 cm³/mol. The highest BCUT2D eigenvalue weighted by Crippen LogP contribution is 2.25. The number of para-hydroxylation sites is 2. The lowest BCUT2D eigenvalue weighted by atomic mass is 10.2. The molecule has 1 aromatic carbocycles. The van der Waals surface area contributed by atoms with E-state index in [1.807, 2.05) is 0 Å². The lowest BCUT2D eigenvalue weighted by molar-refractivity contribution is -0.385. The Hall–Kier alpha value is -2.15. The normalized spacial score (nSPS) is 15.1. The molecule has 0 radical (unpaired) electrons. The molecule has 0 unspecified atom stereocenters. The summed E-state index contributed by atoms with van der Waals surface area (Å²) in [4.78, 5) is 23.1. The van der Waals surface area contributed by atoms with Crippen molar-refractivity contribution in [2.75, 3.05) is 19.7 Å². The molecule has 1 amide bonds. The average molecular weight is 252 g/mol. The molecular weight excluding hydrogens is 240 g/mol. The van der Waals surface area contributed by atoms with E-state index in [2.05, 4.69) is 0 Å². The Balaban J connectivity index is 1.94. The van der Waals surface area contributed by atoms with E-state index in [4.69, 9.17) is 9.84 Å². The third kappa shape index (κ3) is 2.57. The summed E-state index contributed by atoms with van der Waals surface area (Å²) < 4.78 is 5.14. The molecule has 0 atom stereocenters. The van der Waals surface area contributed by atoms with E-state index < -0.39 is 11.0 Å². The van der Waals surface area contributed by atoms with E-state index >= 15 is 0 Å². The first kappa shape index (κ1) is 12.3. The number of rotatable bonds is 4.